The Morgan fingerprint density at radius 1 is 1.24 bits per heavy atom. The smallest absolute Gasteiger partial charge is 0.297 e. The number of ether oxygens (including phenoxy) is 1. The van der Waals surface area contributed by atoms with Crippen LogP contribution in [0.1, 0.15) is 50.4 Å². The van der Waals surface area contributed by atoms with Gasteiger partial charge in [-0.25, -0.2) is 0 Å². The van der Waals surface area contributed by atoms with E-state index in [0.29, 0.717) is 17.8 Å². The number of hydrogen-bond acceptors (Lipinski definition) is 2. The average Bonchev–Trinajstić information content (AvgIpc) is 2.47. The van der Waals surface area contributed by atoms with E-state index in [4.69, 9.17) is 4.74 Å². The fourth-order valence-electron chi connectivity index (χ4n) is 3.27. The summed E-state index contributed by atoms with van der Waals surface area (Å²) >= 11 is 2.62. The third-order valence-electron chi connectivity index (χ3n) is 4.64. The minimum Gasteiger partial charge on any atom is -0.463 e. The fraction of sp³-hybridized carbons (Fsp3) is 0.611. The Labute approximate surface area is 136 Å². The molecular formula is C18H25AlO2. The van der Waals surface area contributed by atoms with Crippen LogP contribution in [0.2, 0.25) is 0 Å². The highest BCUT2D eigenvalue weighted by Crippen LogP contribution is 2.36. The van der Waals surface area contributed by atoms with Crippen molar-refractivity contribution >= 4 is 22.3 Å². The molecule has 0 bridgehead atoms. The van der Waals surface area contributed by atoms with Crippen LogP contribution >= 0.6 is 0 Å². The molecule has 21 heavy (non-hydrogen) atoms. The lowest BCUT2D eigenvalue weighted by Crippen LogP contribution is -2.37. The second kappa shape index (κ2) is 7.47. The molecule has 1 aromatic rings. The summed E-state index contributed by atoms with van der Waals surface area (Å²) in [6.07, 6.45) is 3.50. The van der Waals surface area contributed by atoms with E-state index >= 15 is 0 Å². The minimum atomic E-state index is -0.267. The summed E-state index contributed by atoms with van der Waals surface area (Å²) in [5, 5.41) is 0. The van der Waals surface area contributed by atoms with Gasteiger partial charge in [-0.3, -0.25) is 4.79 Å². The van der Waals surface area contributed by atoms with Gasteiger partial charge in [0.25, 0.3) is 5.97 Å². The Morgan fingerprint density at radius 2 is 1.90 bits per heavy atom. The molecule has 112 valence electrons. The van der Waals surface area contributed by atoms with E-state index in [-0.39, 0.29) is 16.9 Å². The van der Waals surface area contributed by atoms with E-state index < -0.39 is 0 Å². The quantitative estimate of drug-likeness (QED) is 0.622. The van der Waals surface area contributed by atoms with Gasteiger partial charge in [-0.2, -0.15) is 0 Å². The summed E-state index contributed by atoms with van der Waals surface area (Å²) in [6, 6.07) is 9.83. The lowest BCUT2D eigenvalue weighted by atomic mass is 9.75. The maximum Gasteiger partial charge on any atom is 0.297 e. The van der Waals surface area contributed by atoms with Crippen molar-refractivity contribution in [1.82, 2.24) is 0 Å². The molecule has 0 spiro atoms. The van der Waals surface area contributed by atoms with E-state index in [2.05, 4.69) is 37.1 Å². The molecule has 1 saturated carbocycles. The van der Waals surface area contributed by atoms with Crippen molar-refractivity contribution in [3.05, 3.63) is 35.9 Å². The molecule has 1 fully saturated rings. The third kappa shape index (κ3) is 4.35. The van der Waals surface area contributed by atoms with Gasteiger partial charge in [-0.05, 0) is 36.2 Å². The molecule has 0 aromatic heterocycles. The minimum absolute atomic E-state index is 0.0769. The first-order valence-electron chi connectivity index (χ1n) is 8.00. The molecule has 2 rings (SSSR count). The summed E-state index contributed by atoms with van der Waals surface area (Å²) < 4.78 is 5.62. The summed E-state index contributed by atoms with van der Waals surface area (Å²) in [7, 11) is 0. The Balaban J connectivity index is 2.02. The van der Waals surface area contributed by atoms with Crippen LogP contribution in [0.3, 0.4) is 0 Å². The van der Waals surface area contributed by atoms with E-state index in [0.717, 1.165) is 12.0 Å². The Kier molecular flexibility index (Phi) is 5.91. The lowest BCUT2D eigenvalue weighted by molar-refractivity contribution is -0.155. The zero-order valence-corrected chi connectivity index (χ0v) is 14.4. The zero-order valence-electron chi connectivity index (χ0n) is 13.3. The summed E-state index contributed by atoms with van der Waals surface area (Å²) in [5.74, 6) is 1.60. The van der Waals surface area contributed by atoms with Gasteiger partial charge in [-0.15, -0.1) is 0 Å². The highest BCUT2D eigenvalue weighted by Gasteiger charge is 2.34. The van der Waals surface area contributed by atoms with Gasteiger partial charge in [-0.1, -0.05) is 57.5 Å². The molecule has 2 radical (unpaired) electrons. The maximum absolute atomic E-state index is 12.4. The molecule has 1 aliphatic carbocycles. The summed E-state index contributed by atoms with van der Waals surface area (Å²) in [4.78, 5) is 12.4. The molecule has 1 aliphatic rings. The first-order valence-corrected chi connectivity index (χ1v) is 8.66. The molecule has 0 amide bonds. The van der Waals surface area contributed by atoms with Crippen LogP contribution in [-0.4, -0.2) is 28.4 Å². The molecule has 0 N–H and O–H groups in total. The lowest BCUT2D eigenvalue weighted by Gasteiger charge is -2.37. The molecule has 1 aromatic carbocycles. The largest absolute Gasteiger partial charge is 0.463 e. The number of rotatable bonds is 4. The van der Waals surface area contributed by atoms with Crippen LogP contribution in [0.5, 0.6) is 0 Å². The number of hydrogen-bond donors (Lipinski definition) is 0. The molecule has 3 heteroatoms. The molecular weight excluding hydrogens is 275 g/mol. The van der Waals surface area contributed by atoms with E-state index in [1.807, 2.05) is 30.3 Å². The van der Waals surface area contributed by atoms with Gasteiger partial charge in [0.15, 0.2) is 16.3 Å². The molecule has 0 aliphatic heterocycles. The highest BCUT2D eigenvalue weighted by atomic mass is 27.0. The van der Waals surface area contributed by atoms with Crippen molar-refractivity contribution in [1.29, 1.82) is 0 Å². The first kappa shape index (κ1) is 16.6. The van der Waals surface area contributed by atoms with Crippen LogP contribution in [0.25, 0.3) is 0 Å². The van der Waals surface area contributed by atoms with Crippen molar-refractivity contribution < 1.29 is 9.53 Å². The number of carbonyl (C=O) groups excluding carboxylic acids is 1. The van der Waals surface area contributed by atoms with Gasteiger partial charge < -0.3 is 4.74 Å². The predicted molar refractivity (Wildman–Crippen MR) is 86.2 cm³/mol. The Morgan fingerprint density at radius 3 is 2.52 bits per heavy atom. The van der Waals surface area contributed by atoms with Crippen molar-refractivity contribution in [2.45, 2.75) is 50.9 Å². The van der Waals surface area contributed by atoms with Gasteiger partial charge in [0, 0.05) is 4.78 Å². The normalized spacial score (nSPS) is 27.3. The SMILES string of the molecule is CC(C)[C@@H]1CC[C@@H](C)C[C@H]1OC(=O)[C@@H]([Al])c1ccccc1. The van der Waals surface area contributed by atoms with Gasteiger partial charge in [0.1, 0.15) is 6.10 Å². The Bertz CT molecular complexity index is 458. The Hall–Kier alpha value is -0.778. The van der Waals surface area contributed by atoms with E-state index in [1.165, 1.54) is 12.8 Å². The van der Waals surface area contributed by atoms with E-state index in [1.54, 1.807) is 0 Å². The van der Waals surface area contributed by atoms with Crippen LogP contribution in [0, 0.1) is 17.8 Å². The molecule has 0 saturated heterocycles. The van der Waals surface area contributed by atoms with Gasteiger partial charge in [0.05, 0.1) is 0 Å². The molecule has 4 atom stereocenters. The standard InChI is InChI=1S/C18H25O2.Al/c1-13(2)16-10-9-14(3)11-17(16)20-18(19)12-15-7-5-4-6-8-15;/h4-8,12-14,16-17H,9-11H2,1-3H3;/t14-,16+,17-;/m1./s1. The van der Waals surface area contributed by atoms with E-state index in [9.17, 15) is 4.79 Å². The predicted octanol–water partition coefficient (Wildman–Crippen LogP) is 3.90. The topological polar surface area (TPSA) is 26.3 Å². The van der Waals surface area contributed by atoms with Crippen LogP contribution in [-0.2, 0) is 9.53 Å². The second-order valence-electron chi connectivity index (χ2n) is 6.69. The first-order chi connectivity index (χ1) is 9.99. The second-order valence-corrected chi connectivity index (χ2v) is 7.36. The number of carbonyl (C=O) groups is 1. The summed E-state index contributed by atoms with van der Waals surface area (Å²) in [5.41, 5.74) is 0.998. The fourth-order valence-corrected chi connectivity index (χ4v) is 3.57. The maximum atomic E-state index is 12.4. The van der Waals surface area contributed by atoms with Crippen LogP contribution < -0.4 is 0 Å². The van der Waals surface area contributed by atoms with Crippen molar-refractivity contribution in [2.24, 2.45) is 17.8 Å². The van der Waals surface area contributed by atoms with Crippen LogP contribution in [0.15, 0.2) is 30.3 Å². The van der Waals surface area contributed by atoms with Gasteiger partial charge in [0.2, 0.25) is 0 Å². The number of benzene rings is 1. The monoisotopic (exact) mass is 300 g/mol. The number of esters is 1. The molecule has 0 unspecified atom stereocenters. The summed E-state index contributed by atoms with van der Waals surface area (Å²) in [6.45, 7) is 6.72. The van der Waals surface area contributed by atoms with Crippen molar-refractivity contribution in [2.75, 3.05) is 0 Å². The van der Waals surface area contributed by atoms with Gasteiger partial charge >= 0.3 is 0 Å². The van der Waals surface area contributed by atoms with Crippen molar-refractivity contribution in [3.63, 3.8) is 0 Å². The van der Waals surface area contributed by atoms with Crippen LogP contribution in [0.4, 0.5) is 0 Å². The third-order valence-corrected chi connectivity index (χ3v) is 5.30. The average molecular weight is 300 g/mol. The zero-order chi connectivity index (χ0) is 15.4. The highest BCUT2D eigenvalue weighted by molar-refractivity contribution is 6.23. The molecule has 0 heterocycles. The van der Waals surface area contributed by atoms with Crippen molar-refractivity contribution in [3.8, 4) is 0 Å². The molecule has 2 nitrogen and oxygen atoms in total.